The number of nitriles is 1. The molecule has 6 heteroatoms. The minimum absolute atomic E-state index is 0.0317. The molecule has 1 aliphatic rings. The zero-order chi connectivity index (χ0) is 15.1. The van der Waals surface area contributed by atoms with Crippen molar-refractivity contribution in [3.8, 4) is 6.07 Å². The average Bonchev–Trinajstić information content (AvgIpc) is 3.18. The monoisotopic (exact) mass is 281 g/mol. The fraction of sp³-hybridized carbons (Fsp3) is 0.786. The van der Waals surface area contributed by atoms with E-state index < -0.39 is 5.97 Å². The van der Waals surface area contributed by atoms with Gasteiger partial charge in [0.25, 0.3) is 0 Å². The maximum Gasteiger partial charge on any atom is 0.320 e. The molecule has 0 aromatic heterocycles. The molecule has 0 spiro atoms. The van der Waals surface area contributed by atoms with Crippen LogP contribution in [-0.4, -0.2) is 52.6 Å². The number of carboxylic acids is 1. The number of amides is 2. The molecular formula is C14H23N3O3. The molecule has 0 atom stereocenters. The Labute approximate surface area is 120 Å². The van der Waals surface area contributed by atoms with Crippen molar-refractivity contribution >= 4 is 12.0 Å². The molecule has 0 aromatic carbocycles. The maximum atomic E-state index is 12.5. The summed E-state index contributed by atoms with van der Waals surface area (Å²) in [6.07, 6.45) is 2.16. The molecule has 1 fully saturated rings. The van der Waals surface area contributed by atoms with Crippen LogP contribution in [0.15, 0.2) is 0 Å². The molecule has 6 nitrogen and oxygen atoms in total. The topological polar surface area (TPSA) is 84.6 Å². The third-order valence-electron chi connectivity index (χ3n) is 3.15. The highest BCUT2D eigenvalue weighted by molar-refractivity contribution is 5.76. The largest absolute Gasteiger partial charge is 0.481 e. The second kappa shape index (κ2) is 7.73. The summed E-state index contributed by atoms with van der Waals surface area (Å²) < 4.78 is 0. The standard InChI is InChI=1S/C14H23N3O3/c1-11(2)10-16(8-3-7-15)14(20)17(12-4-5-12)9-6-13(18)19/h11-12H,3-6,8-10H2,1-2H3,(H,18,19). The van der Waals surface area contributed by atoms with Crippen molar-refractivity contribution in [1.29, 1.82) is 5.26 Å². The SMILES string of the molecule is CC(C)CN(CCC#N)C(=O)N(CCC(=O)O)C1CC1. The lowest BCUT2D eigenvalue weighted by atomic mass is 10.2. The van der Waals surface area contributed by atoms with E-state index in [1.807, 2.05) is 13.8 Å². The minimum atomic E-state index is -0.893. The summed E-state index contributed by atoms with van der Waals surface area (Å²) in [6, 6.07) is 2.11. The molecule has 0 aliphatic heterocycles. The molecule has 20 heavy (non-hydrogen) atoms. The van der Waals surface area contributed by atoms with Gasteiger partial charge in [-0.1, -0.05) is 13.8 Å². The molecule has 0 aromatic rings. The highest BCUT2D eigenvalue weighted by Crippen LogP contribution is 2.28. The number of carbonyl (C=O) groups is 2. The number of carbonyl (C=O) groups excluding carboxylic acids is 1. The maximum absolute atomic E-state index is 12.5. The van der Waals surface area contributed by atoms with E-state index in [4.69, 9.17) is 10.4 Å². The van der Waals surface area contributed by atoms with Gasteiger partial charge >= 0.3 is 12.0 Å². The lowest BCUT2D eigenvalue weighted by molar-refractivity contribution is -0.137. The van der Waals surface area contributed by atoms with E-state index in [1.54, 1.807) is 9.80 Å². The van der Waals surface area contributed by atoms with Crippen molar-refractivity contribution in [2.45, 2.75) is 45.6 Å². The molecule has 0 radical (unpaired) electrons. The van der Waals surface area contributed by atoms with Gasteiger partial charge in [-0.25, -0.2) is 4.79 Å². The molecule has 112 valence electrons. The van der Waals surface area contributed by atoms with Crippen LogP contribution in [0.2, 0.25) is 0 Å². The Balaban J connectivity index is 2.66. The van der Waals surface area contributed by atoms with E-state index in [2.05, 4.69) is 6.07 Å². The van der Waals surface area contributed by atoms with Crippen LogP contribution >= 0.6 is 0 Å². The van der Waals surface area contributed by atoms with Gasteiger partial charge in [-0.05, 0) is 18.8 Å². The van der Waals surface area contributed by atoms with E-state index in [0.717, 1.165) is 12.8 Å². The number of aliphatic carboxylic acids is 1. The molecular weight excluding hydrogens is 258 g/mol. The first kappa shape index (κ1) is 16.3. The van der Waals surface area contributed by atoms with Crippen LogP contribution in [0.3, 0.4) is 0 Å². The Morgan fingerprint density at radius 1 is 1.35 bits per heavy atom. The first-order chi connectivity index (χ1) is 9.45. The summed E-state index contributed by atoms with van der Waals surface area (Å²) in [5.41, 5.74) is 0. The summed E-state index contributed by atoms with van der Waals surface area (Å²) in [7, 11) is 0. The van der Waals surface area contributed by atoms with Gasteiger partial charge in [0.2, 0.25) is 0 Å². The van der Waals surface area contributed by atoms with Crippen molar-refractivity contribution in [1.82, 2.24) is 9.80 Å². The summed E-state index contributed by atoms with van der Waals surface area (Å²) in [4.78, 5) is 26.6. The molecule has 0 heterocycles. The number of carboxylic acid groups (broad SMARTS) is 1. The van der Waals surface area contributed by atoms with Gasteiger partial charge in [-0.3, -0.25) is 4.79 Å². The first-order valence-electron chi connectivity index (χ1n) is 7.10. The quantitative estimate of drug-likeness (QED) is 0.736. The van der Waals surface area contributed by atoms with Gasteiger partial charge in [0.1, 0.15) is 0 Å². The van der Waals surface area contributed by atoms with Gasteiger partial charge in [-0.2, -0.15) is 5.26 Å². The van der Waals surface area contributed by atoms with Crippen LogP contribution in [0.5, 0.6) is 0 Å². The Morgan fingerprint density at radius 2 is 2.00 bits per heavy atom. The third-order valence-corrected chi connectivity index (χ3v) is 3.15. The second-order valence-corrected chi connectivity index (χ2v) is 5.60. The smallest absolute Gasteiger partial charge is 0.320 e. The molecule has 0 unspecified atom stereocenters. The molecule has 1 aliphatic carbocycles. The summed E-state index contributed by atoms with van der Waals surface area (Å²) in [6.45, 7) is 5.29. The van der Waals surface area contributed by atoms with Crippen molar-refractivity contribution < 1.29 is 14.7 Å². The number of hydrogen-bond donors (Lipinski definition) is 1. The lowest BCUT2D eigenvalue weighted by Crippen LogP contribution is -2.46. The Bertz CT molecular complexity index is 386. The van der Waals surface area contributed by atoms with Crippen LogP contribution in [0.25, 0.3) is 0 Å². The normalized spacial score (nSPS) is 13.9. The van der Waals surface area contributed by atoms with Crippen molar-refractivity contribution in [3.05, 3.63) is 0 Å². The van der Waals surface area contributed by atoms with Crippen molar-refractivity contribution in [3.63, 3.8) is 0 Å². The van der Waals surface area contributed by atoms with Crippen LogP contribution in [-0.2, 0) is 4.79 Å². The lowest BCUT2D eigenvalue weighted by Gasteiger charge is -2.31. The number of hydrogen-bond acceptors (Lipinski definition) is 3. The van der Waals surface area contributed by atoms with Crippen LogP contribution in [0.1, 0.15) is 39.5 Å². The molecule has 1 N–H and O–H groups in total. The Morgan fingerprint density at radius 3 is 2.45 bits per heavy atom. The highest BCUT2D eigenvalue weighted by Gasteiger charge is 2.34. The van der Waals surface area contributed by atoms with E-state index in [-0.39, 0.29) is 25.0 Å². The Kier molecular flexibility index (Phi) is 6.29. The third kappa shape index (κ3) is 5.47. The number of rotatable bonds is 8. The van der Waals surface area contributed by atoms with Gasteiger partial charge in [0.15, 0.2) is 0 Å². The predicted octanol–water partition coefficient (Wildman–Crippen LogP) is 1.92. The fourth-order valence-electron chi connectivity index (χ4n) is 2.11. The van der Waals surface area contributed by atoms with Crippen molar-refractivity contribution in [2.24, 2.45) is 5.92 Å². The van der Waals surface area contributed by atoms with Gasteiger partial charge in [0, 0.05) is 25.7 Å². The summed E-state index contributed by atoms with van der Waals surface area (Å²) in [5.74, 6) is -0.575. The van der Waals surface area contributed by atoms with E-state index in [0.29, 0.717) is 25.4 Å². The van der Waals surface area contributed by atoms with Crippen LogP contribution in [0, 0.1) is 17.2 Å². The van der Waals surface area contributed by atoms with Crippen molar-refractivity contribution in [2.75, 3.05) is 19.6 Å². The second-order valence-electron chi connectivity index (χ2n) is 5.60. The van der Waals surface area contributed by atoms with Gasteiger partial charge in [-0.15, -0.1) is 0 Å². The van der Waals surface area contributed by atoms with E-state index in [9.17, 15) is 9.59 Å². The Hall–Kier alpha value is -1.77. The first-order valence-corrected chi connectivity index (χ1v) is 7.10. The van der Waals surface area contributed by atoms with Gasteiger partial charge < -0.3 is 14.9 Å². The molecule has 0 saturated heterocycles. The molecule has 2 amide bonds. The minimum Gasteiger partial charge on any atom is -0.481 e. The van der Waals surface area contributed by atoms with Gasteiger partial charge in [0.05, 0.1) is 18.9 Å². The number of nitrogens with zero attached hydrogens (tertiary/aromatic N) is 3. The van der Waals surface area contributed by atoms with E-state index in [1.165, 1.54) is 0 Å². The predicted molar refractivity (Wildman–Crippen MR) is 74.0 cm³/mol. The summed E-state index contributed by atoms with van der Waals surface area (Å²) >= 11 is 0. The molecule has 1 rings (SSSR count). The zero-order valence-corrected chi connectivity index (χ0v) is 12.2. The molecule has 0 bridgehead atoms. The highest BCUT2D eigenvalue weighted by atomic mass is 16.4. The average molecular weight is 281 g/mol. The number of urea groups is 1. The van der Waals surface area contributed by atoms with Crippen LogP contribution in [0.4, 0.5) is 4.79 Å². The zero-order valence-electron chi connectivity index (χ0n) is 12.2. The van der Waals surface area contributed by atoms with E-state index >= 15 is 0 Å². The summed E-state index contributed by atoms with van der Waals surface area (Å²) in [5, 5.41) is 17.5. The fourth-order valence-corrected chi connectivity index (χ4v) is 2.11. The molecule has 1 saturated carbocycles. The van der Waals surface area contributed by atoms with Crippen LogP contribution < -0.4 is 0 Å².